The van der Waals surface area contributed by atoms with Crippen LogP contribution in [-0.4, -0.2) is 28.1 Å². The van der Waals surface area contributed by atoms with Crippen molar-refractivity contribution in [3.05, 3.63) is 24.3 Å². The number of carbonyl (C=O) groups is 2. The highest BCUT2D eigenvalue weighted by Gasteiger charge is 2.31. The summed E-state index contributed by atoms with van der Waals surface area (Å²) >= 11 is 0. The Balaban J connectivity index is 2.39. The Morgan fingerprint density at radius 1 is 1.41 bits per heavy atom. The van der Waals surface area contributed by atoms with Gasteiger partial charge in [0.25, 0.3) is 0 Å². The number of aliphatic hydroxyl groups excluding tert-OH is 1. The van der Waals surface area contributed by atoms with Crippen molar-refractivity contribution >= 4 is 11.8 Å². The third kappa shape index (κ3) is 7.03. The summed E-state index contributed by atoms with van der Waals surface area (Å²) in [5, 5.41) is 18.3. The van der Waals surface area contributed by atoms with Gasteiger partial charge in [-0.25, -0.2) is 0 Å². The van der Waals surface area contributed by atoms with Gasteiger partial charge in [-0.15, -0.1) is 0 Å². The van der Waals surface area contributed by atoms with Crippen LogP contribution in [0.1, 0.15) is 58.3 Å². The van der Waals surface area contributed by atoms with Crippen molar-refractivity contribution in [2.45, 2.75) is 64.4 Å². The molecule has 1 aliphatic carbocycles. The Kier molecular flexibility index (Phi) is 8.75. The standard InChI is InChI=1S/C18H28O4/c1-2-7-15(19)12-10-14-11-13-17(20)16(14)8-5-3-4-6-9-18(21)22/h3,5,10,12,14-16,19H,2,4,6-9,11,13H2,1H3,(H,21,22)/b5-3+,12-10+. The van der Waals surface area contributed by atoms with Crippen LogP contribution >= 0.6 is 0 Å². The van der Waals surface area contributed by atoms with E-state index in [1.807, 2.05) is 31.2 Å². The summed E-state index contributed by atoms with van der Waals surface area (Å²) in [7, 11) is 0. The smallest absolute Gasteiger partial charge is 0.303 e. The molecule has 3 unspecified atom stereocenters. The van der Waals surface area contributed by atoms with Crippen LogP contribution in [0.25, 0.3) is 0 Å². The number of carbonyl (C=O) groups excluding carboxylic acids is 1. The van der Waals surface area contributed by atoms with Crippen molar-refractivity contribution in [3.63, 3.8) is 0 Å². The second-order valence-corrected chi connectivity index (χ2v) is 6.01. The van der Waals surface area contributed by atoms with Gasteiger partial charge in [0.05, 0.1) is 6.10 Å². The molecule has 0 aromatic carbocycles. The van der Waals surface area contributed by atoms with Crippen molar-refractivity contribution < 1.29 is 19.8 Å². The lowest BCUT2D eigenvalue weighted by molar-refractivity contribution is -0.137. The zero-order valence-corrected chi connectivity index (χ0v) is 13.4. The van der Waals surface area contributed by atoms with Crippen LogP contribution in [0, 0.1) is 11.8 Å². The first-order valence-electron chi connectivity index (χ1n) is 8.30. The Hall–Kier alpha value is -1.42. The number of aliphatic hydroxyl groups is 1. The first-order valence-corrected chi connectivity index (χ1v) is 8.30. The summed E-state index contributed by atoms with van der Waals surface area (Å²) < 4.78 is 0. The van der Waals surface area contributed by atoms with Crippen molar-refractivity contribution in [1.29, 1.82) is 0 Å². The van der Waals surface area contributed by atoms with Crippen LogP contribution in [0.4, 0.5) is 0 Å². The maximum absolute atomic E-state index is 12.0. The molecule has 4 nitrogen and oxygen atoms in total. The van der Waals surface area contributed by atoms with Gasteiger partial charge in [-0.1, -0.05) is 37.6 Å². The SMILES string of the molecule is CCCC(O)/C=C/C1CCC(=O)C1C/C=C/CCCC(=O)O. The predicted molar refractivity (Wildman–Crippen MR) is 86.5 cm³/mol. The van der Waals surface area contributed by atoms with Crippen LogP contribution in [0.5, 0.6) is 0 Å². The number of rotatable bonds is 10. The molecule has 0 saturated heterocycles. The Morgan fingerprint density at radius 3 is 2.86 bits per heavy atom. The maximum Gasteiger partial charge on any atom is 0.303 e. The van der Waals surface area contributed by atoms with Crippen molar-refractivity contribution in [2.24, 2.45) is 11.8 Å². The van der Waals surface area contributed by atoms with Gasteiger partial charge < -0.3 is 10.2 Å². The molecule has 4 heteroatoms. The topological polar surface area (TPSA) is 74.6 Å². The molecular formula is C18H28O4. The van der Waals surface area contributed by atoms with Gasteiger partial charge in [0, 0.05) is 18.8 Å². The lowest BCUT2D eigenvalue weighted by atomic mass is 9.91. The number of hydrogen-bond donors (Lipinski definition) is 2. The van der Waals surface area contributed by atoms with Gasteiger partial charge in [0.15, 0.2) is 0 Å². The highest BCUT2D eigenvalue weighted by Crippen LogP contribution is 2.32. The highest BCUT2D eigenvalue weighted by atomic mass is 16.4. The number of unbranched alkanes of at least 4 members (excludes halogenated alkanes) is 1. The summed E-state index contributed by atoms with van der Waals surface area (Å²) in [6.45, 7) is 2.04. The second-order valence-electron chi connectivity index (χ2n) is 6.01. The highest BCUT2D eigenvalue weighted by molar-refractivity contribution is 5.83. The van der Waals surface area contributed by atoms with E-state index in [1.165, 1.54) is 0 Å². The zero-order chi connectivity index (χ0) is 16.4. The summed E-state index contributed by atoms with van der Waals surface area (Å²) in [6, 6.07) is 0. The molecule has 0 amide bonds. The van der Waals surface area contributed by atoms with Crippen molar-refractivity contribution in [2.75, 3.05) is 0 Å². The molecule has 0 aromatic rings. The predicted octanol–water partition coefficient (Wildman–Crippen LogP) is 3.50. The number of carboxylic acids is 1. The van der Waals surface area contributed by atoms with Crippen molar-refractivity contribution in [3.8, 4) is 0 Å². The molecule has 0 bridgehead atoms. The second kappa shape index (κ2) is 10.3. The number of carboxylic acid groups (broad SMARTS) is 1. The van der Waals surface area contributed by atoms with Gasteiger partial charge >= 0.3 is 5.97 Å². The molecule has 2 N–H and O–H groups in total. The summed E-state index contributed by atoms with van der Waals surface area (Å²) in [5.74, 6) is -0.228. The molecule has 0 aliphatic heterocycles. The average molecular weight is 308 g/mol. The monoisotopic (exact) mass is 308 g/mol. The van der Waals surface area contributed by atoms with Gasteiger partial charge in [0.2, 0.25) is 0 Å². The fourth-order valence-electron chi connectivity index (χ4n) is 2.87. The van der Waals surface area contributed by atoms with Gasteiger partial charge in [-0.3, -0.25) is 9.59 Å². The molecule has 0 aromatic heterocycles. The van der Waals surface area contributed by atoms with Crippen LogP contribution in [0.15, 0.2) is 24.3 Å². The fraction of sp³-hybridized carbons (Fsp3) is 0.667. The lowest BCUT2D eigenvalue weighted by Gasteiger charge is -2.13. The lowest BCUT2D eigenvalue weighted by Crippen LogP contribution is -2.13. The quantitative estimate of drug-likeness (QED) is 0.478. The molecule has 1 aliphatic rings. The van der Waals surface area contributed by atoms with E-state index in [0.29, 0.717) is 25.0 Å². The fourth-order valence-corrected chi connectivity index (χ4v) is 2.87. The van der Waals surface area contributed by atoms with Crippen molar-refractivity contribution in [1.82, 2.24) is 0 Å². The van der Waals surface area contributed by atoms with E-state index in [9.17, 15) is 14.7 Å². The first-order chi connectivity index (χ1) is 10.5. The normalized spacial score (nSPS) is 23.6. The third-order valence-electron chi connectivity index (χ3n) is 4.14. The van der Waals surface area contributed by atoms with Gasteiger partial charge in [-0.05, 0) is 38.0 Å². The van der Waals surface area contributed by atoms with Crippen LogP contribution in [0.3, 0.4) is 0 Å². The van der Waals surface area contributed by atoms with Crippen LogP contribution in [0.2, 0.25) is 0 Å². The molecule has 124 valence electrons. The summed E-state index contributed by atoms with van der Waals surface area (Å²) in [6.07, 6.45) is 12.9. The molecule has 22 heavy (non-hydrogen) atoms. The first kappa shape index (κ1) is 18.6. The maximum atomic E-state index is 12.0. The minimum Gasteiger partial charge on any atom is -0.481 e. The Labute approximate surface area is 132 Å². The molecule has 1 saturated carbocycles. The van der Waals surface area contributed by atoms with Crippen LogP contribution < -0.4 is 0 Å². The zero-order valence-electron chi connectivity index (χ0n) is 13.4. The van der Waals surface area contributed by atoms with E-state index in [1.54, 1.807) is 0 Å². The molecule has 0 heterocycles. The summed E-state index contributed by atoms with van der Waals surface area (Å²) in [4.78, 5) is 22.4. The summed E-state index contributed by atoms with van der Waals surface area (Å²) in [5.41, 5.74) is 0. The van der Waals surface area contributed by atoms with E-state index in [2.05, 4.69) is 0 Å². The number of Topliss-reactive ketones (excluding diaryl/α,β-unsaturated/α-hetero) is 1. The van der Waals surface area contributed by atoms with E-state index < -0.39 is 12.1 Å². The Morgan fingerprint density at radius 2 is 2.18 bits per heavy atom. The average Bonchev–Trinajstić information content (AvgIpc) is 2.81. The number of allylic oxidation sites excluding steroid dienone is 3. The molecule has 1 rings (SSSR count). The number of hydrogen-bond acceptors (Lipinski definition) is 3. The largest absolute Gasteiger partial charge is 0.481 e. The van der Waals surface area contributed by atoms with E-state index in [4.69, 9.17) is 5.11 Å². The van der Waals surface area contributed by atoms with Gasteiger partial charge in [-0.2, -0.15) is 0 Å². The molecule has 1 fully saturated rings. The van der Waals surface area contributed by atoms with E-state index in [0.717, 1.165) is 25.7 Å². The minimum atomic E-state index is -0.768. The molecule has 3 atom stereocenters. The number of ketones is 1. The molecule has 0 radical (unpaired) electrons. The Bertz CT molecular complexity index is 411. The third-order valence-corrected chi connectivity index (χ3v) is 4.14. The number of aliphatic carboxylic acids is 1. The minimum absolute atomic E-state index is 0.0146. The van der Waals surface area contributed by atoms with Crippen LogP contribution in [-0.2, 0) is 9.59 Å². The van der Waals surface area contributed by atoms with E-state index >= 15 is 0 Å². The molecular weight excluding hydrogens is 280 g/mol. The molecule has 0 spiro atoms. The van der Waals surface area contributed by atoms with E-state index in [-0.39, 0.29) is 18.3 Å². The van der Waals surface area contributed by atoms with Gasteiger partial charge in [0.1, 0.15) is 5.78 Å².